The largest absolute Gasteiger partial charge is 0.368 e. The van der Waals surface area contributed by atoms with Crippen molar-refractivity contribution in [1.29, 1.82) is 0 Å². The van der Waals surface area contributed by atoms with Crippen molar-refractivity contribution in [3.05, 3.63) is 46.6 Å². The quantitative estimate of drug-likeness (QED) is 0.425. The maximum Gasteiger partial charge on any atom is 0.235 e. The lowest BCUT2D eigenvalue weighted by atomic mass is 10.2. The maximum atomic E-state index is 13.1. The number of rotatable bonds is 5. The van der Waals surface area contributed by atoms with Gasteiger partial charge >= 0.3 is 0 Å². The molecule has 0 saturated carbocycles. The van der Waals surface area contributed by atoms with Crippen LogP contribution in [0.4, 0.5) is 5.69 Å². The Morgan fingerprint density at radius 3 is 2.63 bits per heavy atom. The van der Waals surface area contributed by atoms with Gasteiger partial charge in [-0.05, 0) is 51.0 Å². The molecule has 5 nitrogen and oxygen atoms in total. The number of carbonyl (C=O) groups is 1. The van der Waals surface area contributed by atoms with Gasteiger partial charge in [-0.15, -0.1) is 11.3 Å². The van der Waals surface area contributed by atoms with Crippen LogP contribution in [0.25, 0.3) is 10.2 Å². The zero-order valence-electron chi connectivity index (χ0n) is 18.0. The Morgan fingerprint density at radius 2 is 1.93 bits per heavy atom. The average molecular weight is 441 g/mol. The third-order valence-corrected chi connectivity index (χ3v) is 7.73. The lowest BCUT2D eigenvalue weighted by Crippen LogP contribution is -2.50. The number of aromatic nitrogens is 2. The smallest absolute Gasteiger partial charge is 0.235 e. The average Bonchev–Trinajstić information content (AvgIpc) is 3.16. The summed E-state index contributed by atoms with van der Waals surface area (Å²) in [6.07, 6.45) is 0.990. The Bertz CT molecular complexity index is 1060. The van der Waals surface area contributed by atoms with Gasteiger partial charge in [0.2, 0.25) is 5.91 Å². The third-order valence-electron chi connectivity index (χ3n) is 5.46. The van der Waals surface area contributed by atoms with E-state index in [9.17, 15) is 4.79 Å². The summed E-state index contributed by atoms with van der Waals surface area (Å²) in [5.74, 6) is 0.958. The Kier molecular flexibility index (Phi) is 6.29. The molecule has 3 heterocycles. The van der Waals surface area contributed by atoms with Crippen LogP contribution in [0.1, 0.15) is 30.1 Å². The van der Waals surface area contributed by atoms with Crippen molar-refractivity contribution in [1.82, 2.24) is 14.9 Å². The van der Waals surface area contributed by atoms with Gasteiger partial charge in [0.05, 0.1) is 5.25 Å². The van der Waals surface area contributed by atoms with Crippen molar-refractivity contribution in [3.63, 3.8) is 0 Å². The van der Waals surface area contributed by atoms with Crippen molar-refractivity contribution < 1.29 is 4.79 Å². The molecule has 0 radical (unpaired) electrons. The topological polar surface area (TPSA) is 49.3 Å². The molecule has 0 spiro atoms. The van der Waals surface area contributed by atoms with Crippen LogP contribution < -0.4 is 4.90 Å². The molecule has 1 atom stereocenters. The van der Waals surface area contributed by atoms with Gasteiger partial charge < -0.3 is 9.80 Å². The van der Waals surface area contributed by atoms with Gasteiger partial charge in [-0.25, -0.2) is 9.97 Å². The molecule has 1 amide bonds. The van der Waals surface area contributed by atoms with Crippen LogP contribution in [0.3, 0.4) is 0 Å². The normalized spacial score (nSPS) is 15.6. The predicted molar refractivity (Wildman–Crippen MR) is 127 cm³/mol. The minimum atomic E-state index is -0.169. The van der Waals surface area contributed by atoms with E-state index in [0.717, 1.165) is 53.7 Å². The Labute approximate surface area is 186 Å². The molecule has 3 aromatic rings. The molecule has 1 fully saturated rings. The number of thioether (sulfide) groups is 1. The number of nitrogens with zero attached hydrogens (tertiary/aromatic N) is 4. The van der Waals surface area contributed by atoms with E-state index in [1.165, 1.54) is 16.1 Å². The van der Waals surface area contributed by atoms with Crippen LogP contribution in [-0.2, 0) is 11.2 Å². The molecule has 1 aromatic carbocycles. The Morgan fingerprint density at radius 1 is 1.17 bits per heavy atom. The summed E-state index contributed by atoms with van der Waals surface area (Å²) in [4.78, 5) is 29.1. The van der Waals surface area contributed by atoms with E-state index in [-0.39, 0.29) is 11.2 Å². The van der Waals surface area contributed by atoms with Crippen LogP contribution in [0, 0.1) is 13.8 Å². The first kappa shape index (κ1) is 21.1. The number of fused-ring (bicyclic) bond motifs is 1. The maximum absolute atomic E-state index is 13.1. The van der Waals surface area contributed by atoms with Crippen LogP contribution in [-0.4, -0.2) is 52.2 Å². The molecule has 0 N–H and O–H groups in total. The first-order valence-electron chi connectivity index (χ1n) is 10.5. The van der Waals surface area contributed by atoms with Gasteiger partial charge in [0.15, 0.2) is 0 Å². The summed E-state index contributed by atoms with van der Waals surface area (Å²) in [6, 6.07) is 10.8. The minimum absolute atomic E-state index is 0.169. The number of hydrogen-bond acceptors (Lipinski definition) is 6. The lowest BCUT2D eigenvalue weighted by molar-refractivity contribution is -0.130. The highest BCUT2D eigenvalue weighted by Gasteiger charge is 2.27. The zero-order valence-corrected chi connectivity index (χ0v) is 19.6. The molecule has 4 rings (SSSR count). The van der Waals surface area contributed by atoms with Gasteiger partial charge in [0, 0.05) is 42.1 Å². The molecule has 1 aliphatic heterocycles. The number of benzene rings is 1. The molecule has 7 heteroatoms. The second-order valence-corrected chi connectivity index (χ2v) is 10.2. The minimum Gasteiger partial charge on any atom is -0.368 e. The standard InChI is InChI=1S/C23H28N4OS2/c1-5-19-14-20-21(24-17(4)25-22(20)30-19)29-16(3)23(28)27-11-9-26(10-12-27)18-8-6-7-15(2)13-18/h6-8,13-14,16H,5,9-12H2,1-4H3. The van der Waals surface area contributed by atoms with Crippen LogP contribution in [0.5, 0.6) is 0 Å². The zero-order chi connectivity index (χ0) is 21.3. The fourth-order valence-corrected chi connectivity index (χ4v) is 5.93. The highest BCUT2D eigenvalue weighted by Crippen LogP contribution is 2.34. The number of carbonyl (C=O) groups excluding carboxylic acids is 1. The van der Waals surface area contributed by atoms with Gasteiger partial charge in [-0.1, -0.05) is 30.8 Å². The molecular formula is C23H28N4OS2. The first-order chi connectivity index (χ1) is 14.4. The number of aryl methyl sites for hydroxylation is 3. The molecule has 1 saturated heterocycles. The predicted octanol–water partition coefficient (Wildman–Crippen LogP) is 4.70. The molecule has 158 valence electrons. The van der Waals surface area contributed by atoms with Gasteiger partial charge in [-0.2, -0.15) is 0 Å². The summed E-state index contributed by atoms with van der Waals surface area (Å²) in [5.41, 5.74) is 2.51. The lowest BCUT2D eigenvalue weighted by Gasteiger charge is -2.37. The molecular weight excluding hydrogens is 412 g/mol. The number of anilines is 1. The van der Waals surface area contributed by atoms with Crippen molar-refractivity contribution in [2.24, 2.45) is 0 Å². The van der Waals surface area contributed by atoms with Crippen molar-refractivity contribution in [2.75, 3.05) is 31.1 Å². The second-order valence-electron chi connectivity index (χ2n) is 7.77. The molecule has 1 aliphatic rings. The first-order valence-corrected chi connectivity index (χ1v) is 12.2. The van der Waals surface area contributed by atoms with E-state index < -0.39 is 0 Å². The van der Waals surface area contributed by atoms with E-state index in [1.807, 2.05) is 18.7 Å². The molecule has 30 heavy (non-hydrogen) atoms. The van der Waals surface area contributed by atoms with E-state index in [2.05, 4.69) is 59.0 Å². The van der Waals surface area contributed by atoms with Crippen molar-refractivity contribution >= 4 is 44.9 Å². The van der Waals surface area contributed by atoms with Gasteiger partial charge in [0.1, 0.15) is 15.7 Å². The fourth-order valence-electron chi connectivity index (χ4n) is 3.80. The summed E-state index contributed by atoms with van der Waals surface area (Å²) >= 11 is 3.29. The number of hydrogen-bond donors (Lipinski definition) is 0. The van der Waals surface area contributed by atoms with Crippen LogP contribution >= 0.6 is 23.1 Å². The van der Waals surface area contributed by atoms with E-state index in [1.54, 1.807) is 23.1 Å². The third kappa shape index (κ3) is 4.47. The highest BCUT2D eigenvalue weighted by molar-refractivity contribution is 8.00. The number of amides is 1. The van der Waals surface area contributed by atoms with E-state index in [0.29, 0.717) is 0 Å². The molecule has 2 aromatic heterocycles. The fraction of sp³-hybridized carbons (Fsp3) is 0.435. The number of thiophene rings is 1. The Hall–Kier alpha value is -2.12. The van der Waals surface area contributed by atoms with Gasteiger partial charge in [0.25, 0.3) is 0 Å². The van der Waals surface area contributed by atoms with Crippen LogP contribution in [0.15, 0.2) is 35.4 Å². The second kappa shape index (κ2) is 8.94. The molecule has 0 aliphatic carbocycles. The monoisotopic (exact) mass is 440 g/mol. The summed E-state index contributed by atoms with van der Waals surface area (Å²) < 4.78 is 0. The van der Waals surface area contributed by atoms with Crippen LogP contribution in [0.2, 0.25) is 0 Å². The van der Waals surface area contributed by atoms with Crippen molar-refractivity contribution in [3.8, 4) is 0 Å². The van der Waals surface area contributed by atoms with E-state index in [4.69, 9.17) is 0 Å². The van der Waals surface area contributed by atoms with Gasteiger partial charge in [-0.3, -0.25) is 4.79 Å². The van der Waals surface area contributed by atoms with Crippen molar-refractivity contribution in [2.45, 2.75) is 44.4 Å². The molecule has 1 unspecified atom stereocenters. The molecule has 0 bridgehead atoms. The highest BCUT2D eigenvalue weighted by atomic mass is 32.2. The SMILES string of the molecule is CCc1cc2c(SC(C)C(=O)N3CCN(c4cccc(C)c4)CC3)nc(C)nc2s1. The summed E-state index contributed by atoms with van der Waals surface area (Å²) in [7, 11) is 0. The number of piperazine rings is 1. The summed E-state index contributed by atoms with van der Waals surface area (Å²) in [6.45, 7) is 11.4. The van der Waals surface area contributed by atoms with E-state index >= 15 is 0 Å². The Balaban J connectivity index is 1.42. The summed E-state index contributed by atoms with van der Waals surface area (Å²) in [5, 5.41) is 1.84.